The van der Waals surface area contributed by atoms with Gasteiger partial charge in [0.1, 0.15) is 11.5 Å². The van der Waals surface area contributed by atoms with Crippen molar-refractivity contribution < 1.29 is 23.9 Å². The lowest BCUT2D eigenvalue weighted by Gasteiger charge is -2.13. The molecule has 0 bridgehead atoms. The largest absolute Gasteiger partial charge is 0.490 e. The average Bonchev–Trinajstić information content (AvgIpc) is 2.74. The Morgan fingerprint density at radius 2 is 1.69 bits per heavy atom. The summed E-state index contributed by atoms with van der Waals surface area (Å²) in [7, 11) is 1.32. The number of amides is 1. The summed E-state index contributed by atoms with van der Waals surface area (Å²) in [6, 6.07) is 20.2. The number of carbonyl (C=O) groups is 1. The highest BCUT2D eigenvalue weighted by molar-refractivity contribution is 5.93. The van der Waals surface area contributed by atoms with E-state index in [1.165, 1.54) is 25.3 Å². The first-order chi connectivity index (χ1) is 14.1. The quantitative estimate of drug-likeness (QED) is 0.449. The lowest BCUT2D eigenvalue weighted by Crippen LogP contribution is -2.20. The summed E-state index contributed by atoms with van der Waals surface area (Å²) in [5.41, 5.74) is 0.308. The Kier molecular flexibility index (Phi) is 6.26. The highest BCUT2D eigenvalue weighted by Gasteiger charge is 2.16. The second kappa shape index (κ2) is 9.23. The summed E-state index contributed by atoms with van der Waals surface area (Å²) in [5, 5.41) is 13.7. The Morgan fingerprint density at radius 3 is 2.41 bits per heavy atom. The highest BCUT2D eigenvalue weighted by atomic mass is 16.6. The summed E-state index contributed by atoms with van der Waals surface area (Å²) in [6.45, 7) is -0.291. The minimum Gasteiger partial charge on any atom is -0.490 e. The molecule has 29 heavy (non-hydrogen) atoms. The van der Waals surface area contributed by atoms with E-state index >= 15 is 0 Å². The fourth-order valence-corrected chi connectivity index (χ4v) is 2.51. The van der Waals surface area contributed by atoms with Crippen molar-refractivity contribution in [1.82, 2.24) is 0 Å². The second-order valence-electron chi connectivity index (χ2n) is 5.84. The van der Waals surface area contributed by atoms with E-state index in [2.05, 4.69) is 5.32 Å². The molecule has 0 atom stereocenters. The maximum Gasteiger partial charge on any atom is 0.311 e. The molecule has 1 N–H and O–H groups in total. The second-order valence-corrected chi connectivity index (χ2v) is 5.84. The van der Waals surface area contributed by atoms with E-state index in [0.29, 0.717) is 17.2 Å². The Balaban J connectivity index is 1.64. The van der Waals surface area contributed by atoms with Gasteiger partial charge >= 0.3 is 5.69 Å². The molecular weight excluding hydrogens is 376 g/mol. The number of hydrogen-bond donors (Lipinski definition) is 1. The van der Waals surface area contributed by atoms with Crippen molar-refractivity contribution in [2.75, 3.05) is 19.0 Å². The van der Waals surface area contributed by atoms with Gasteiger partial charge in [0.2, 0.25) is 5.75 Å². The topological polar surface area (TPSA) is 99.9 Å². The van der Waals surface area contributed by atoms with Gasteiger partial charge in [0.15, 0.2) is 12.4 Å². The normalized spacial score (nSPS) is 10.1. The maximum atomic E-state index is 12.3. The third-order valence-corrected chi connectivity index (χ3v) is 3.85. The van der Waals surface area contributed by atoms with Gasteiger partial charge in [0, 0.05) is 12.1 Å². The monoisotopic (exact) mass is 394 g/mol. The number of nitrogens with one attached hydrogen (secondary N) is 1. The minimum absolute atomic E-state index is 0.0505. The SMILES string of the molecule is COc1cc(OCC(=O)Nc2ccccc2Oc2ccccc2)ccc1[N+](=O)[O-]. The van der Waals surface area contributed by atoms with Crippen LogP contribution in [0, 0.1) is 10.1 Å². The molecule has 0 radical (unpaired) electrons. The highest BCUT2D eigenvalue weighted by Crippen LogP contribution is 2.31. The first-order valence-corrected chi connectivity index (χ1v) is 8.64. The van der Waals surface area contributed by atoms with Gasteiger partial charge in [-0.25, -0.2) is 0 Å². The van der Waals surface area contributed by atoms with Crippen LogP contribution in [0.15, 0.2) is 72.8 Å². The van der Waals surface area contributed by atoms with Gasteiger partial charge in [0.25, 0.3) is 5.91 Å². The molecule has 0 aliphatic heterocycles. The van der Waals surface area contributed by atoms with E-state index in [1.54, 1.807) is 24.3 Å². The summed E-state index contributed by atoms with van der Waals surface area (Å²) in [5.74, 6) is 1.05. The van der Waals surface area contributed by atoms with Gasteiger partial charge in [-0.2, -0.15) is 0 Å². The van der Waals surface area contributed by atoms with Gasteiger partial charge < -0.3 is 19.5 Å². The Morgan fingerprint density at radius 1 is 0.966 bits per heavy atom. The average molecular weight is 394 g/mol. The van der Waals surface area contributed by atoms with Gasteiger partial charge in [0.05, 0.1) is 17.7 Å². The van der Waals surface area contributed by atoms with E-state index < -0.39 is 10.8 Å². The van der Waals surface area contributed by atoms with E-state index in [1.807, 2.05) is 30.3 Å². The summed E-state index contributed by atoms with van der Waals surface area (Å²) in [6.07, 6.45) is 0. The third-order valence-electron chi connectivity index (χ3n) is 3.85. The number of rotatable bonds is 8. The zero-order chi connectivity index (χ0) is 20.6. The van der Waals surface area contributed by atoms with Crippen LogP contribution in [0.1, 0.15) is 0 Å². The van der Waals surface area contributed by atoms with Crippen molar-refractivity contribution in [3.8, 4) is 23.0 Å². The molecular formula is C21H18N2O6. The van der Waals surface area contributed by atoms with Crippen LogP contribution in [0.2, 0.25) is 0 Å². The Labute approximate surface area is 166 Å². The van der Waals surface area contributed by atoms with Crippen LogP contribution in [0.3, 0.4) is 0 Å². The first kappa shape index (κ1) is 19.7. The van der Waals surface area contributed by atoms with E-state index in [0.717, 1.165) is 0 Å². The van der Waals surface area contributed by atoms with Gasteiger partial charge in [-0.1, -0.05) is 30.3 Å². The van der Waals surface area contributed by atoms with Crippen molar-refractivity contribution in [2.45, 2.75) is 0 Å². The van der Waals surface area contributed by atoms with Crippen molar-refractivity contribution >= 4 is 17.3 Å². The fourth-order valence-electron chi connectivity index (χ4n) is 2.51. The molecule has 3 rings (SSSR count). The number of hydrogen-bond acceptors (Lipinski definition) is 6. The van der Waals surface area contributed by atoms with E-state index in [-0.39, 0.29) is 23.8 Å². The Hall–Kier alpha value is -4.07. The lowest BCUT2D eigenvalue weighted by molar-refractivity contribution is -0.385. The number of carbonyl (C=O) groups excluding carboxylic acids is 1. The van der Waals surface area contributed by atoms with Gasteiger partial charge in [-0.05, 0) is 30.3 Å². The lowest BCUT2D eigenvalue weighted by atomic mass is 10.2. The molecule has 0 fully saturated rings. The van der Waals surface area contributed by atoms with Crippen LogP contribution in [0.4, 0.5) is 11.4 Å². The predicted octanol–water partition coefficient (Wildman–Crippen LogP) is 4.41. The summed E-state index contributed by atoms with van der Waals surface area (Å²) < 4.78 is 16.2. The number of nitro benzene ring substituents is 1. The number of nitrogens with zero attached hydrogens (tertiary/aromatic N) is 1. The molecule has 8 nitrogen and oxygen atoms in total. The molecule has 0 aliphatic carbocycles. The molecule has 0 saturated heterocycles. The molecule has 0 aliphatic rings. The van der Waals surface area contributed by atoms with Crippen molar-refractivity contribution in [3.05, 3.63) is 82.9 Å². The molecule has 8 heteroatoms. The van der Waals surface area contributed by atoms with Crippen molar-refractivity contribution in [2.24, 2.45) is 0 Å². The van der Waals surface area contributed by atoms with Crippen LogP contribution in [0.25, 0.3) is 0 Å². The first-order valence-electron chi connectivity index (χ1n) is 8.64. The number of benzene rings is 3. The van der Waals surface area contributed by atoms with Crippen LogP contribution in [-0.4, -0.2) is 24.5 Å². The molecule has 0 aromatic heterocycles. The minimum atomic E-state index is -0.557. The van der Waals surface area contributed by atoms with Crippen LogP contribution < -0.4 is 19.5 Å². The van der Waals surface area contributed by atoms with E-state index in [4.69, 9.17) is 14.2 Å². The molecule has 0 saturated carbocycles. The van der Waals surface area contributed by atoms with Crippen molar-refractivity contribution in [1.29, 1.82) is 0 Å². The molecule has 0 unspecified atom stereocenters. The molecule has 3 aromatic carbocycles. The smallest absolute Gasteiger partial charge is 0.311 e. The van der Waals surface area contributed by atoms with Gasteiger partial charge in [-0.15, -0.1) is 0 Å². The predicted molar refractivity (Wildman–Crippen MR) is 107 cm³/mol. The molecule has 3 aromatic rings. The van der Waals surface area contributed by atoms with Crippen LogP contribution in [0.5, 0.6) is 23.0 Å². The zero-order valence-corrected chi connectivity index (χ0v) is 15.5. The number of para-hydroxylation sites is 3. The van der Waals surface area contributed by atoms with Crippen LogP contribution in [-0.2, 0) is 4.79 Å². The standard InChI is InChI=1S/C21H18N2O6/c1-27-20-13-16(11-12-18(20)23(25)26)28-14-21(24)22-17-9-5-6-10-19(17)29-15-7-3-2-4-8-15/h2-13H,14H2,1H3,(H,22,24). The van der Waals surface area contributed by atoms with Crippen molar-refractivity contribution in [3.63, 3.8) is 0 Å². The fraction of sp³-hybridized carbons (Fsp3) is 0.0952. The van der Waals surface area contributed by atoms with E-state index in [9.17, 15) is 14.9 Å². The van der Waals surface area contributed by atoms with Gasteiger partial charge in [-0.3, -0.25) is 14.9 Å². The molecule has 148 valence electrons. The summed E-state index contributed by atoms with van der Waals surface area (Å²) in [4.78, 5) is 22.7. The maximum absolute atomic E-state index is 12.3. The molecule has 1 amide bonds. The number of nitro groups is 1. The number of methoxy groups -OCH3 is 1. The summed E-state index contributed by atoms with van der Waals surface area (Å²) >= 11 is 0. The molecule has 0 spiro atoms. The Bertz CT molecular complexity index is 1010. The molecule has 0 heterocycles. The number of anilines is 1. The van der Waals surface area contributed by atoms with Crippen LogP contribution >= 0.6 is 0 Å². The third kappa shape index (κ3) is 5.23. The zero-order valence-electron chi connectivity index (χ0n) is 15.5. The number of ether oxygens (including phenoxy) is 3.